The number of ketones is 2. The van der Waals surface area contributed by atoms with E-state index in [2.05, 4.69) is 4.90 Å². The van der Waals surface area contributed by atoms with Crippen LogP contribution >= 0.6 is 11.6 Å². The number of hydrogen-bond donors (Lipinski definition) is 1. The molecule has 0 radical (unpaired) electrons. The molecule has 10 heteroatoms. The lowest BCUT2D eigenvalue weighted by Gasteiger charge is -2.42. The summed E-state index contributed by atoms with van der Waals surface area (Å²) in [6.45, 7) is 4.46. The molecule has 5 aliphatic rings. The van der Waals surface area contributed by atoms with Crippen LogP contribution in [0.2, 0.25) is 5.02 Å². The van der Waals surface area contributed by atoms with Gasteiger partial charge in [0.2, 0.25) is 11.8 Å². The third-order valence-electron chi connectivity index (χ3n) is 9.65. The monoisotopic (exact) mass is 614 g/mol. The smallest absolute Gasteiger partial charge is 0.238 e. The Labute approximate surface area is 259 Å². The molecule has 0 unspecified atom stereocenters. The quantitative estimate of drug-likeness (QED) is 0.304. The molecular formula is C34H31ClN2O7. The van der Waals surface area contributed by atoms with Crippen molar-refractivity contribution in [3.8, 4) is 11.5 Å². The minimum Gasteiger partial charge on any atom is -0.503 e. The molecule has 44 heavy (non-hydrogen) atoms. The molecule has 2 aliphatic heterocycles. The minimum atomic E-state index is -0.693. The number of phenols is 1. The Balaban J connectivity index is 1.28. The zero-order chi connectivity index (χ0) is 30.9. The van der Waals surface area contributed by atoms with Crippen molar-refractivity contribution in [1.82, 2.24) is 0 Å². The van der Waals surface area contributed by atoms with E-state index in [4.69, 9.17) is 21.1 Å². The van der Waals surface area contributed by atoms with E-state index in [1.54, 1.807) is 31.2 Å². The van der Waals surface area contributed by atoms with E-state index in [1.807, 2.05) is 18.2 Å². The molecule has 0 saturated carbocycles. The normalized spacial score (nSPS) is 26.7. The summed E-state index contributed by atoms with van der Waals surface area (Å²) in [5.74, 6) is -3.63. The molecular weight excluding hydrogens is 584 g/mol. The van der Waals surface area contributed by atoms with E-state index >= 15 is 0 Å². The second-order valence-corrected chi connectivity index (χ2v) is 12.3. The van der Waals surface area contributed by atoms with Gasteiger partial charge in [-0.25, -0.2) is 0 Å². The van der Waals surface area contributed by atoms with Gasteiger partial charge in [-0.2, -0.15) is 0 Å². The van der Waals surface area contributed by atoms with Crippen LogP contribution in [0.25, 0.3) is 0 Å². The summed E-state index contributed by atoms with van der Waals surface area (Å²) >= 11 is 6.39. The number of aromatic hydroxyl groups is 1. The van der Waals surface area contributed by atoms with Crippen LogP contribution in [0.15, 0.2) is 70.8 Å². The number of Topliss-reactive ketones (excluding diaryl/α,β-unsaturated/α-hetero) is 1. The Morgan fingerprint density at radius 1 is 0.977 bits per heavy atom. The molecule has 3 aliphatic carbocycles. The molecule has 2 aromatic rings. The summed E-state index contributed by atoms with van der Waals surface area (Å²) in [4.78, 5) is 58.5. The van der Waals surface area contributed by atoms with Crippen molar-refractivity contribution in [3.63, 3.8) is 0 Å². The number of methoxy groups -OCH3 is 1. The van der Waals surface area contributed by atoms with E-state index < -0.39 is 23.7 Å². The summed E-state index contributed by atoms with van der Waals surface area (Å²) in [5.41, 5.74) is 3.92. The first-order chi connectivity index (χ1) is 21.2. The molecule has 2 heterocycles. The number of ether oxygens (including phenoxy) is 2. The van der Waals surface area contributed by atoms with Crippen molar-refractivity contribution < 1.29 is 33.8 Å². The second kappa shape index (κ2) is 10.7. The Kier molecular flexibility index (Phi) is 6.98. The van der Waals surface area contributed by atoms with Crippen LogP contribution in [0, 0.1) is 17.8 Å². The molecule has 2 aromatic carbocycles. The fraction of sp³-hybridized carbons (Fsp3) is 0.353. The van der Waals surface area contributed by atoms with Crippen LogP contribution in [0.1, 0.15) is 31.2 Å². The number of fused-ring (bicyclic) bond motifs is 3. The van der Waals surface area contributed by atoms with Crippen LogP contribution in [-0.4, -0.2) is 61.9 Å². The predicted octanol–water partition coefficient (Wildman–Crippen LogP) is 4.52. The van der Waals surface area contributed by atoms with Crippen molar-refractivity contribution in [2.24, 2.45) is 17.8 Å². The van der Waals surface area contributed by atoms with Gasteiger partial charge in [-0.15, -0.1) is 0 Å². The largest absolute Gasteiger partial charge is 0.503 e. The number of phenolic OH excluding ortho intramolecular Hbond substituents is 1. The SMILES string of the molecule is COc1cc([C@H]2C3=CC[C@@H]4C(=O)N(c5ccc(N6CCOCC6)cc5)C(=O)[C@@H]4[C@@H]3CC3=C2C(=O)C=C(C)C3=O)cc(Cl)c1O. The number of imide groups is 1. The van der Waals surface area contributed by atoms with Gasteiger partial charge in [-0.3, -0.25) is 24.1 Å². The topological polar surface area (TPSA) is 113 Å². The first-order valence-corrected chi connectivity index (χ1v) is 15.1. The van der Waals surface area contributed by atoms with Crippen molar-refractivity contribution in [1.29, 1.82) is 0 Å². The summed E-state index contributed by atoms with van der Waals surface area (Å²) < 4.78 is 10.8. The van der Waals surface area contributed by atoms with Crippen molar-refractivity contribution in [2.75, 3.05) is 43.2 Å². The summed E-state index contributed by atoms with van der Waals surface area (Å²) in [7, 11) is 1.40. The first-order valence-electron chi connectivity index (χ1n) is 14.8. The molecule has 9 nitrogen and oxygen atoms in total. The molecule has 7 rings (SSSR count). The summed E-state index contributed by atoms with van der Waals surface area (Å²) in [6, 6.07) is 10.6. The number of morpholine rings is 1. The number of anilines is 2. The van der Waals surface area contributed by atoms with Gasteiger partial charge in [0.1, 0.15) is 0 Å². The second-order valence-electron chi connectivity index (χ2n) is 11.9. The molecule has 1 N–H and O–H groups in total. The Morgan fingerprint density at radius 3 is 2.39 bits per heavy atom. The maximum absolute atomic E-state index is 14.2. The number of carbonyl (C=O) groups is 4. The zero-order valence-electron chi connectivity index (χ0n) is 24.3. The van der Waals surface area contributed by atoms with Gasteiger partial charge in [0.05, 0.1) is 42.9 Å². The van der Waals surface area contributed by atoms with Gasteiger partial charge in [-0.1, -0.05) is 23.3 Å². The molecule has 0 bridgehead atoms. The fourth-order valence-corrected chi connectivity index (χ4v) is 7.79. The van der Waals surface area contributed by atoms with Gasteiger partial charge in [0, 0.05) is 41.4 Å². The fourth-order valence-electron chi connectivity index (χ4n) is 7.57. The Bertz CT molecular complexity index is 1720. The minimum absolute atomic E-state index is 0.0399. The van der Waals surface area contributed by atoms with Crippen LogP contribution in [-0.2, 0) is 23.9 Å². The van der Waals surface area contributed by atoms with Crippen molar-refractivity contribution in [3.05, 3.63) is 81.4 Å². The lowest BCUT2D eigenvalue weighted by atomic mass is 9.59. The molecule has 2 saturated heterocycles. The lowest BCUT2D eigenvalue weighted by molar-refractivity contribution is -0.123. The predicted molar refractivity (Wildman–Crippen MR) is 163 cm³/mol. The average molecular weight is 615 g/mol. The van der Waals surface area contributed by atoms with E-state index in [-0.39, 0.29) is 46.3 Å². The van der Waals surface area contributed by atoms with Crippen molar-refractivity contribution >= 4 is 46.4 Å². The van der Waals surface area contributed by atoms with Crippen LogP contribution in [0.4, 0.5) is 11.4 Å². The lowest BCUT2D eigenvalue weighted by Crippen LogP contribution is -2.39. The summed E-state index contributed by atoms with van der Waals surface area (Å²) in [6.07, 6.45) is 3.81. The van der Waals surface area contributed by atoms with Crippen molar-refractivity contribution in [2.45, 2.75) is 25.7 Å². The number of benzene rings is 2. The number of amides is 2. The van der Waals surface area contributed by atoms with E-state index in [9.17, 15) is 24.3 Å². The number of nitrogens with zero attached hydrogens (tertiary/aromatic N) is 2. The molecule has 4 atom stereocenters. The van der Waals surface area contributed by atoms with E-state index in [1.165, 1.54) is 18.1 Å². The third kappa shape index (κ3) is 4.32. The highest BCUT2D eigenvalue weighted by Gasteiger charge is 2.56. The van der Waals surface area contributed by atoms with Gasteiger partial charge in [-0.05, 0) is 73.7 Å². The van der Waals surface area contributed by atoms with Gasteiger partial charge in [0.15, 0.2) is 23.1 Å². The van der Waals surface area contributed by atoms with Crippen LogP contribution < -0.4 is 14.5 Å². The van der Waals surface area contributed by atoms with Crippen LogP contribution in [0.3, 0.4) is 0 Å². The van der Waals surface area contributed by atoms with E-state index in [0.29, 0.717) is 47.6 Å². The highest BCUT2D eigenvalue weighted by Crippen LogP contribution is 2.56. The van der Waals surface area contributed by atoms with E-state index in [0.717, 1.165) is 24.4 Å². The number of allylic oxidation sites excluding steroid dienone is 6. The van der Waals surface area contributed by atoms with Gasteiger partial charge < -0.3 is 19.5 Å². The molecule has 2 fully saturated rings. The highest BCUT2D eigenvalue weighted by atomic mass is 35.5. The number of carbonyl (C=O) groups excluding carboxylic acids is 4. The third-order valence-corrected chi connectivity index (χ3v) is 9.94. The number of halogens is 1. The first kappa shape index (κ1) is 28.6. The maximum Gasteiger partial charge on any atom is 0.238 e. The maximum atomic E-state index is 14.2. The standard InChI is InChI=1S/C34H31ClN2O7/c1-17-13-26(38)30-24(31(17)39)16-23-21(28(30)18-14-25(35)32(40)27(15-18)43-2)7-8-22-29(23)34(42)37(33(22)41)20-5-3-19(4-6-20)36-9-11-44-12-10-36/h3-7,13-15,22-23,28-29,40H,8-12,16H2,1-2H3/t22-,23+,28-,29-/m0/s1. The molecule has 0 aromatic heterocycles. The number of hydrogen-bond acceptors (Lipinski definition) is 8. The highest BCUT2D eigenvalue weighted by molar-refractivity contribution is 6.32. The molecule has 2 amide bonds. The van der Waals surface area contributed by atoms with Gasteiger partial charge >= 0.3 is 0 Å². The Morgan fingerprint density at radius 2 is 1.68 bits per heavy atom. The zero-order valence-corrected chi connectivity index (χ0v) is 25.1. The van der Waals surface area contributed by atoms with Crippen LogP contribution in [0.5, 0.6) is 11.5 Å². The molecule has 0 spiro atoms. The van der Waals surface area contributed by atoms with Gasteiger partial charge in [0.25, 0.3) is 0 Å². The Hall–Kier alpha value is -4.21. The number of rotatable bonds is 4. The summed E-state index contributed by atoms with van der Waals surface area (Å²) in [5, 5.41) is 10.5. The molecule has 226 valence electrons. The average Bonchev–Trinajstić information content (AvgIpc) is 3.30.